The van der Waals surface area contributed by atoms with Gasteiger partial charge in [0.05, 0.1) is 6.20 Å². The molecule has 1 N–H and O–H groups in total. The molecule has 3 rings (SSSR count). The molecule has 0 spiro atoms. The Morgan fingerprint density at radius 3 is 3.06 bits per heavy atom. The summed E-state index contributed by atoms with van der Waals surface area (Å²) in [7, 11) is 0. The lowest BCUT2D eigenvalue weighted by molar-refractivity contribution is 0.0622. The average molecular weight is 246 g/mol. The van der Waals surface area contributed by atoms with Gasteiger partial charge in [0.15, 0.2) is 5.65 Å². The largest absolute Gasteiger partial charge is 0.381 e. The Bertz CT molecular complexity index is 518. The maximum Gasteiger partial charge on any atom is 0.157 e. The molecule has 1 unspecified atom stereocenters. The molecular formula is C13H18N4O. The Hall–Kier alpha value is -1.62. The van der Waals surface area contributed by atoms with Crippen LogP contribution in [0.3, 0.4) is 0 Å². The number of anilines is 1. The van der Waals surface area contributed by atoms with Crippen molar-refractivity contribution in [1.82, 2.24) is 14.6 Å². The summed E-state index contributed by atoms with van der Waals surface area (Å²) < 4.78 is 7.16. The highest BCUT2D eigenvalue weighted by Crippen LogP contribution is 2.21. The lowest BCUT2D eigenvalue weighted by Crippen LogP contribution is -2.31. The van der Waals surface area contributed by atoms with Crippen molar-refractivity contribution in [3.05, 3.63) is 24.5 Å². The van der Waals surface area contributed by atoms with Crippen LogP contribution in [0.4, 0.5) is 5.82 Å². The van der Waals surface area contributed by atoms with Gasteiger partial charge in [0, 0.05) is 31.5 Å². The van der Waals surface area contributed by atoms with Crippen molar-refractivity contribution in [2.75, 3.05) is 18.5 Å². The molecule has 0 saturated carbocycles. The third-order valence-electron chi connectivity index (χ3n) is 3.61. The number of fused-ring (bicyclic) bond motifs is 1. The van der Waals surface area contributed by atoms with Crippen LogP contribution in [0, 0.1) is 5.92 Å². The highest BCUT2D eigenvalue weighted by Gasteiger charge is 2.20. The van der Waals surface area contributed by atoms with Crippen LogP contribution in [0.2, 0.25) is 0 Å². The SMILES string of the molecule is CC(Nc1ccn2nccc2n1)C1CCOCC1. The van der Waals surface area contributed by atoms with Gasteiger partial charge in [0.25, 0.3) is 0 Å². The lowest BCUT2D eigenvalue weighted by atomic mass is 9.93. The zero-order chi connectivity index (χ0) is 12.4. The van der Waals surface area contributed by atoms with Crippen LogP contribution in [0.1, 0.15) is 19.8 Å². The third kappa shape index (κ3) is 2.31. The molecule has 2 aromatic heterocycles. The van der Waals surface area contributed by atoms with E-state index in [0.29, 0.717) is 12.0 Å². The fourth-order valence-corrected chi connectivity index (χ4v) is 2.46. The summed E-state index contributed by atoms with van der Waals surface area (Å²) in [6.07, 6.45) is 5.95. The second-order valence-corrected chi connectivity index (χ2v) is 4.83. The molecule has 1 saturated heterocycles. The van der Waals surface area contributed by atoms with Gasteiger partial charge in [-0.05, 0) is 31.7 Å². The lowest BCUT2D eigenvalue weighted by Gasteiger charge is -2.28. The van der Waals surface area contributed by atoms with E-state index < -0.39 is 0 Å². The van der Waals surface area contributed by atoms with E-state index in [1.54, 1.807) is 10.7 Å². The van der Waals surface area contributed by atoms with E-state index in [2.05, 4.69) is 22.3 Å². The zero-order valence-electron chi connectivity index (χ0n) is 10.5. The summed E-state index contributed by atoms with van der Waals surface area (Å²) in [5.41, 5.74) is 0.874. The van der Waals surface area contributed by atoms with Gasteiger partial charge < -0.3 is 10.1 Å². The topological polar surface area (TPSA) is 51.5 Å². The minimum atomic E-state index is 0.423. The minimum absolute atomic E-state index is 0.423. The highest BCUT2D eigenvalue weighted by atomic mass is 16.5. The van der Waals surface area contributed by atoms with Crippen LogP contribution in [-0.4, -0.2) is 33.9 Å². The van der Waals surface area contributed by atoms with Crippen molar-refractivity contribution in [2.45, 2.75) is 25.8 Å². The number of hydrogen-bond acceptors (Lipinski definition) is 4. The number of hydrogen-bond donors (Lipinski definition) is 1. The van der Waals surface area contributed by atoms with Crippen molar-refractivity contribution < 1.29 is 4.74 Å². The Morgan fingerprint density at radius 2 is 2.22 bits per heavy atom. The predicted molar refractivity (Wildman–Crippen MR) is 69.6 cm³/mol. The number of aromatic nitrogens is 3. The van der Waals surface area contributed by atoms with Gasteiger partial charge in [0.2, 0.25) is 0 Å². The molecule has 1 aliphatic heterocycles. The highest BCUT2D eigenvalue weighted by molar-refractivity contribution is 5.45. The van der Waals surface area contributed by atoms with Gasteiger partial charge in [0.1, 0.15) is 5.82 Å². The summed E-state index contributed by atoms with van der Waals surface area (Å²) in [6.45, 7) is 3.98. The van der Waals surface area contributed by atoms with Gasteiger partial charge in [-0.1, -0.05) is 0 Å². The van der Waals surface area contributed by atoms with Gasteiger partial charge in [-0.25, -0.2) is 9.50 Å². The van der Waals surface area contributed by atoms with Gasteiger partial charge in [-0.2, -0.15) is 5.10 Å². The number of nitrogens with one attached hydrogen (secondary N) is 1. The fraction of sp³-hybridized carbons (Fsp3) is 0.538. The van der Waals surface area contributed by atoms with E-state index in [1.807, 2.05) is 18.3 Å². The summed E-state index contributed by atoms with van der Waals surface area (Å²) in [6, 6.07) is 4.30. The Balaban J connectivity index is 1.70. The van der Waals surface area contributed by atoms with E-state index in [0.717, 1.165) is 37.5 Å². The van der Waals surface area contributed by atoms with Crippen LogP contribution in [0.5, 0.6) is 0 Å². The molecule has 0 amide bonds. The van der Waals surface area contributed by atoms with Gasteiger partial charge in [-0.3, -0.25) is 0 Å². The molecule has 1 atom stereocenters. The summed E-state index contributed by atoms with van der Waals surface area (Å²) >= 11 is 0. The summed E-state index contributed by atoms with van der Waals surface area (Å²) in [4.78, 5) is 4.53. The van der Waals surface area contributed by atoms with Crippen LogP contribution in [0.25, 0.3) is 5.65 Å². The van der Waals surface area contributed by atoms with Crippen LogP contribution in [-0.2, 0) is 4.74 Å². The Morgan fingerprint density at radius 1 is 1.39 bits per heavy atom. The van der Waals surface area contributed by atoms with E-state index in [1.165, 1.54) is 0 Å². The smallest absolute Gasteiger partial charge is 0.157 e. The first-order chi connectivity index (χ1) is 8.83. The zero-order valence-corrected chi connectivity index (χ0v) is 10.5. The quantitative estimate of drug-likeness (QED) is 0.899. The first-order valence-electron chi connectivity index (χ1n) is 6.47. The number of ether oxygens (including phenoxy) is 1. The maximum absolute atomic E-state index is 5.39. The summed E-state index contributed by atoms with van der Waals surface area (Å²) in [5, 5.41) is 7.62. The maximum atomic E-state index is 5.39. The average Bonchev–Trinajstić information content (AvgIpc) is 2.87. The standard InChI is InChI=1S/C13H18N4O/c1-10(11-4-8-18-9-5-11)15-12-3-7-17-13(16-12)2-6-14-17/h2-3,6-7,10-11H,4-5,8-9H2,1H3,(H,15,16). The minimum Gasteiger partial charge on any atom is -0.381 e. The van der Waals surface area contributed by atoms with Crippen molar-refractivity contribution in [3.8, 4) is 0 Å². The van der Waals surface area contributed by atoms with Crippen LogP contribution < -0.4 is 5.32 Å². The normalized spacial score (nSPS) is 18.9. The van der Waals surface area contributed by atoms with E-state index in [-0.39, 0.29) is 0 Å². The molecule has 18 heavy (non-hydrogen) atoms. The molecule has 96 valence electrons. The molecule has 5 nitrogen and oxygen atoms in total. The predicted octanol–water partition coefficient (Wildman–Crippen LogP) is 1.96. The van der Waals surface area contributed by atoms with Gasteiger partial charge >= 0.3 is 0 Å². The molecule has 1 fully saturated rings. The van der Waals surface area contributed by atoms with Crippen molar-refractivity contribution in [3.63, 3.8) is 0 Å². The monoisotopic (exact) mass is 246 g/mol. The first-order valence-corrected chi connectivity index (χ1v) is 6.47. The Labute approximate surface area is 106 Å². The second-order valence-electron chi connectivity index (χ2n) is 4.83. The molecule has 1 aliphatic rings. The molecule has 5 heteroatoms. The van der Waals surface area contributed by atoms with E-state index >= 15 is 0 Å². The number of rotatable bonds is 3. The summed E-state index contributed by atoms with van der Waals surface area (Å²) in [5.74, 6) is 1.59. The molecular weight excluding hydrogens is 228 g/mol. The van der Waals surface area contributed by atoms with E-state index in [4.69, 9.17) is 4.74 Å². The molecule has 0 aliphatic carbocycles. The van der Waals surface area contributed by atoms with Gasteiger partial charge in [-0.15, -0.1) is 0 Å². The first kappa shape index (κ1) is 11.5. The fourth-order valence-electron chi connectivity index (χ4n) is 2.46. The Kier molecular flexibility index (Phi) is 3.15. The van der Waals surface area contributed by atoms with E-state index in [9.17, 15) is 0 Å². The second kappa shape index (κ2) is 4.94. The molecule has 0 radical (unpaired) electrons. The molecule has 2 aromatic rings. The number of nitrogens with zero attached hydrogens (tertiary/aromatic N) is 3. The molecule has 3 heterocycles. The van der Waals surface area contributed by atoms with Crippen LogP contribution in [0.15, 0.2) is 24.5 Å². The van der Waals surface area contributed by atoms with Crippen molar-refractivity contribution in [1.29, 1.82) is 0 Å². The third-order valence-corrected chi connectivity index (χ3v) is 3.61. The molecule has 0 aromatic carbocycles. The van der Waals surface area contributed by atoms with Crippen LogP contribution >= 0.6 is 0 Å². The van der Waals surface area contributed by atoms with Crippen molar-refractivity contribution >= 4 is 11.5 Å². The molecule has 0 bridgehead atoms. The van der Waals surface area contributed by atoms with Crippen molar-refractivity contribution in [2.24, 2.45) is 5.92 Å².